The molecule has 0 spiro atoms. The molecular weight excluding hydrogens is 380 g/mol. The number of nitrogens with zero attached hydrogens (tertiary/aromatic N) is 2. The summed E-state index contributed by atoms with van der Waals surface area (Å²) in [7, 11) is 2.00. The van der Waals surface area contributed by atoms with Crippen molar-refractivity contribution >= 4 is 51.5 Å². The largest absolute Gasteiger partial charge is 0.347 e. The third-order valence-electron chi connectivity index (χ3n) is 4.88. The molecule has 27 heavy (non-hydrogen) atoms. The molecule has 0 unspecified atom stereocenters. The summed E-state index contributed by atoms with van der Waals surface area (Å²) in [4.78, 5) is 27.0. The fourth-order valence-electron chi connectivity index (χ4n) is 3.30. The van der Waals surface area contributed by atoms with Gasteiger partial charge in [0.1, 0.15) is 0 Å². The van der Waals surface area contributed by atoms with Crippen LogP contribution in [-0.4, -0.2) is 20.6 Å². The molecule has 1 aliphatic heterocycles. The fourth-order valence-corrected chi connectivity index (χ4v) is 4.31. The Morgan fingerprint density at radius 1 is 1.07 bits per heavy atom. The first-order chi connectivity index (χ1) is 13.0. The van der Waals surface area contributed by atoms with Gasteiger partial charge < -0.3 is 4.57 Å². The van der Waals surface area contributed by atoms with Gasteiger partial charge in [0.25, 0.3) is 11.1 Å². The third-order valence-corrected chi connectivity index (χ3v) is 6.16. The van der Waals surface area contributed by atoms with Gasteiger partial charge in [-0.25, -0.2) is 0 Å². The molecule has 2 heterocycles. The molecular formula is C21H17ClN2O2S. The normalized spacial score (nSPS) is 16.1. The van der Waals surface area contributed by atoms with Crippen LogP contribution in [0.3, 0.4) is 0 Å². The second-order valence-electron chi connectivity index (χ2n) is 6.43. The van der Waals surface area contributed by atoms with E-state index < -0.39 is 0 Å². The molecule has 1 aromatic heterocycles. The first-order valence-electron chi connectivity index (χ1n) is 8.50. The van der Waals surface area contributed by atoms with E-state index in [0.717, 1.165) is 39.5 Å². The van der Waals surface area contributed by atoms with Gasteiger partial charge in [-0.3, -0.25) is 14.5 Å². The van der Waals surface area contributed by atoms with Crippen molar-refractivity contribution in [3.63, 3.8) is 0 Å². The van der Waals surface area contributed by atoms with Crippen LogP contribution in [0.1, 0.15) is 16.8 Å². The Hall–Kier alpha value is -2.50. The summed E-state index contributed by atoms with van der Waals surface area (Å²) in [5.74, 6) is -0.280. The second-order valence-corrected chi connectivity index (χ2v) is 7.83. The number of fused-ring (bicyclic) bond motifs is 1. The molecule has 1 saturated heterocycles. The van der Waals surface area contributed by atoms with Gasteiger partial charge in [-0.1, -0.05) is 48.0 Å². The van der Waals surface area contributed by atoms with Crippen molar-refractivity contribution < 1.29 is 9.59 Å². The molecule has 4 rings (SSSR count). The van der Waals surface area contributed by atoms with Crippen molar-refractivity contribution in [3.05, 3.63) is 75.3 Å². The predicted octanol–water partition coefficient (Wildman–Crippen LogP) is 5.38. The minimum absolute atomic E-state index is 0.177. The average molecular weight is 397 g/mol. The summed E-state index contributed by atoms with van der Waals surface area (Å²) in [5.41, 5.74) is 3.87. The predicted molar refractivity (Wildman–Crippen MR) is 111 cm³/mol. The maximum atomic E-state index is 12.9. The molecule has 0 radical (unpaired) electrons. The summed E-state index contributed by atoms with van der Waals surface area (Å²) >= 11 is 7.15. The molecule has 136 valence electrons. The van der Waals surface area contributed by atoms with Crippen LogP contribution in [-0.2, 0) is 18.4 Å². The lowest BCUT2D eigenvalue weighted by Gasteiger charge is -2.13. The van der Waals surface area contributed by atoms with Crippen molar-refractivity contribution in [2.45, 2.75) is 13.5 Å². The highest BCUT2D eigenvalue weighted by Crippen LogP contribution is 2.36. The summed E-state index contributed by atoms with van der Waals surface area (Å²) in [5, 5.41) is 1.34. The zero-order valence-corrected chi connectivity index (χ0v) is 16.5. The third kappa shape index (κ3) is 3.07. The van der Waals surface area contributed by atoms with E-state index in [2.05, 4.69) is 4.57 Å². The van der Waals surface area contributed by atoms with Gasteiger partial charge in [-0.15, -0.1) is 0 Å². The molecule has 2 amide bonds. The van der Waals surface area contributed by atoms with Crippen LogP contribution < -0.4 is 0 Å². The van der Waals surface area contributed by atoms with Crippen LogP contribution in [0.15, 0.2) is 53.4 Å². The Bertz CT molecular complexity index is 1120. The van der Waals surface area contributed by atoms with Crippen LogP contribution >= 0.6 is 23.4 Å². The van der Waals surface area contributed by atoms with Gasteiger partial charge in [0, 0.05) is 34.2 Å². The molecule has 4 nitrogen and oxygen atoms in total. The van der Waals surface area contributed by atoms with Gasteiger partial charge in [-0.2, -0.15) is 0 Å². The van der Waals surface area contributed by atoms with Gasteiger partial charge >= 0.3 is 0 Å². The zero-order chi connectivity index (χ0) is 19.1. The zero-order valence-electron chi connectivity index (χ0n) is 14.9. The second kappa shape index (κ2) is 6.91. The van der Waals surface area contributed by atoms with Crippen LogP contribution in [0.25, 0.3) is 17.0 Å². The number of carbonyl (C=O) groups excluding carboxylic acids is 2. The van der Waals surface area contributed by atoms with Crippen LogP contribution in [0.5, 0.6) is 0 Å². The molecule has 1 fully saturated rings. The number of carbonyl (C=O) groups is 2. The molecule has 1 aliphatic rings. The van der Waals surface area contributed by atoms with E-state index in [0.29, 0.717) is 9.93 Å². The van der Waals surface area contributed by atoms with Crippen LogP contribution in [0.4, 0.5) is 4.79 Å². The number of amides is 2. The minimum atomic E-state index is -0.280. The quantitative estimate of drug-likeness (QED) is 0.558. The Kier molecular flexibility index (Phi) is 4.58. The van der Waals surface area contributed by atoms with E-state index in [1.165, 1.54) is 4.90 Å². The van der Waals surface area contributed by atoms with Gasteiger partial charge in [0.05, 0.1) is 11.4 Å². The van der Waals surface area contributed by atoms with E-state index in [1.807, 2.05) is 62.5 Å². The SMILES string of the molecule is Cc1c(/C=C2\SC(=O)N(Cc3ccccc3Cl)C2=O)c2ccccc2n1C. The summed E-state index contributed by atoms with van der Waals surface area (Å²) < 4.78 is 2.09. The van der Waals surface area contributed by atoms with Crippen molar-refractivity contribution in [3.8, 4) is 0 Å². The number of thioether (sulfide) groups is 1. The van der Waals surface area contributed by atoms with Gasteiger partial charge in [0.2, 0.25) is 0 Å². The highest BCUT2D eigenvalue weighted by Gasteiger charge is 2.35. The van der Waals surface area contributed by atoms with Crippen molar-refractivity contribution in [1.29, 1.82) is 0 Å². The summed E-state index contributed by atoms with van der Waals surface area (Å²) in [6, 6.07) is 15.3. The number of hydrogen-bond acceptors (Lipinski definition) is 3. The van der Waals surface area contributed by atoms with E-state index in [1.54, 1.807) is 6.07 Å². The number of benzene rings is 2. The highest BCUT2D eigenvalue weighted by atomic mass is 35.5. The number of rotatable bonds is 3. The Morgan fingerprint density at radius 2 is 1.78 bits per heavy atom. The molecule has 6 heteroatoms. The molecule has 0 bridgehead atoms. The maximum Gasteiger partial charge on any atom is 0.293 e. The number of imide groups is 1. The van der Waals surface area contributed by atoms with E-state index in [9.17, 15) is 9.59 Å². The standard InChI is InChI=1S/C21H17ClN2O2S/c1-13-16(15-8-4-6-10-18(15)23(13)2)11-19-20(25)24(21(26)27-19)12-14-7-3-5-9-17(14)22/h3-11H,12H2,1-2H3/b19-11-. The number of para-hydroxylation sites is 1. The highest BCUT2D eigenvalue weighted by molar-refractivity contribution is 8.18. The molecule has 3 aromatic rings. The van der Waals surface area contributed by atoms with Crippen molar-refractivity contribution in [2.24, 2.45) is 7.05 Å². The maximum absolute atomic E-state index is 12.9. The number of halogens is 1. The summed E-state index contributed by atoms with van der Waals surface area (Å²) in [6.07, 6.45) is 1.83. The topological polar surface area (TPSA) is 42.3 Å². The monoisotopic (exact) mass is 396 g/mol. The van der Waals surface area contributed by atoms with Crippen molar-refractivity contribution in [2.75, 3.05) is 0 Å². The first-order valence-corrected chi connectivity index (χ1v) is 9.69. The molecule has 0 saturated carbocycles. The molecule has 0 N–H and O–H groups in total. The van der Waals surface area contributed by atoms with Crippen LogP contribution in [0.2, 0.25) is 5.02 Å². The lowest BCUT2D eigenvalue weighted by atomic mass is 10.1. The van der Waals surface area contributed by atoms with E-state index in [4.69, 9.17) is 11.6 Å². The number of aromatic nitrogens is 1. The summed E-state index contributed by atoms with van der Waals surface area (Å²) in [6.45, 7) is 2.19. The van der Waals surface area contributed by atoms with Gasteiger partial charge in [-0.05, 0) is 42.5 Å². The lowest BCUT2D eigenvalue weighted by molar-refractivity contribution is -0.123. The first kappa shape index (κ1) is 17.9. The molecule has 0 atom stereocenters. The van der Waals surface area contributed by atoms with Gasteiger partial charge in [0.15, 0.2) is 0 Å². The average Bonchev–Trinajstić information content (AvgIpc) is 3.07. The smallest absolute Gasteiger partial charge is 0.293 e. The fraction of sp³-hybridized carbons (Fsp3) is 0.143. The molecule has 2 aromatic carbocycles. The lowest BCUT2D eigenvalue weighted by Crippen LogP contribution is -2.27. The Balaban J connectivity index is 1.70. The van der Waals surface area contributed by atoms with E-state index >= 15 is 0 Å². The van der Waals surface area contributed by atoms with Crippen molar-refractivity contribution in [1.82, 2.24) is 9.47 Å². The van der Waals surface area contributed by atoms with Crippen LogP contribution in [0, 0.1) is 6.92 Å². The molecule has 0 aliphatic carbocycles. The van der Waals surface area contributed by atoms with E-state index in [-0.39, 0.29) is 17.7 Å². The Morgan fingerprint density at radius 3 is 2.56 bits per heavy atom. The number of hydrogen-bond donors (Lipinski definition) is 0. The Labute approximate surface area is 166 Å². The number of aryl methyl sites for hydroxylation is 1. The minimum Gasteiger partial charge on any atom is -0.347 e.